The van der Waals surface area contributed by atoms with E-state index in [1.807, 2.05) is 29.2 Å². The standard InChI is InChI=1S/C43H46ClN7O5/c1-47(38-8-9-39(53)46-40(38)54)42(56)36-19-32-25-48(24-31(32)18-33(36)26-52)22-28-10-14-50(23-28)41(55)29-2-5-34(6-3-29)49-15-11-43(12-16-49)13-17-51(27-43)35-7-4-30(21-45)37(44)20-35/h2-7,18-20,26,28,38H,8-17,22-25,27H2,1H3,(H,46,53,54)/t28-,38?/m0/s1. The molecule has 4 amide bonds. The third kappa shape index (κ3) is 7.38. The Balaban J connectivity index is 0.822. The summed E-state index contributed by atoms with van der Waals surface area (Å²) in [5.74, 6) is -0.923. The lowest BCUT2D eigenvalue weighted by Gasteiger charge is -2.40. The van der Waals surface area contributed by atoms with Crippen molar-refractivity contribution in [1.82, 2.24) is 20.0 Å². The summed E-state index contributed by atoms with van der Waals surface area (Å²) < 4.78 is 0. The molecule has 2 atom stereocenters. The number of nitriles is 1. The van der Waals surface area contributed by atoms with Crippen LogP contribution in [-0.2, 0) is 22.7 Å². The minimum absolute atomic E-state index is 0.0502. The lowest BCUT2D eigenvalue weighted by atomic mass is 9.77. The molecule has 1 spiro atoms. The number of imide groups is 1. The second-order valence-electron chi connectivity index (χ2n) is 16.3. The lowest BCUT2D eigenvalue weighted by Crippen LogP contribution is -2.53. The van der Waals surface area contributed by atoms with Crippen LogP contribution in [-0.4, -0.2) is 104 Å². The number of hydrogen-bond donors (Lipinski definition) is 1. The van der Waals surface area contributed by atoms with Crippen LogP contribution < -0.4 is 15.1 Å². The van der Waals surface area contributed by atoms with Gasteiger partial charge in [0.2, 0.25) is 11.8 Å². The van der Waals surface area contributed by atoms with Gasteiger partial charge < -0.3 is 19.6 Å². The first-order valence-electron chi connectivity index (χ1n) is 19.6. The van der Waals surface area contributed by atoms with E-state index in [2.05, 4.69) is 38.2 Å². The van der Waals surface area contributed by atoms with E-state index in [1.165, 1.54) is 11.9 Å². The molecule has 3 aromatic carbocycles. The van der Waals surface area contributed by atoms with Gasteiger partial charge in [0.15, 0.2) is 6.29 Å². The maximum Gasteiger partial charge on any atom is 0.255 e. The molecule has 0 radical (unpaired) electrons. The van der Waals surface area contributed by atoms with Crippen molar-refractivity contribution in [3.63, 3.8) is 0 Å². The van der Waals surface area contributed by atoms with Crippen molar-refractivity contribution in [3.8, 4) is 6.07 Å². The highest BCUT2D eigenvalue weighted by Crippen LogP contribution is 2.43. The maximum absolute atomic E-state index is 13.6. The molecule has 1 unspecified atom stereocenters. The number of amides is 4. The first-order valence-corrected chi connectivity index (χ1v) is 19.9. The molecule has 1 N–H and O–H groups in total. The zero-order chi connectivity index (χ0) is 39.1. The van der Waals surface area contributed by atoms with Gasteiger partial charge in [-0.1, -0.05) is 11.6 Å². The second kappa shape index (κ2) is 15.4. The molecule has 5 aliphatic rings. The van der Waals surface area contributed by atoms with Crippen LogP contribution in [0.15, 0.2) is 54.6 Å². The molecule has 290 valence electrons. The average molecular weight is 776 g/mol. The molecule has 0 saturated carbocycles. The fourth-order valence-corrected chi connectivity index (χ4v) is 9.68. The molecule has 56 heavy (non-hydrogen) atoms. The first-order chi connectivity index (χ1) is 27.0. The fraction of sp³-hybridized carbons (Fsp3) is 0.442. The largest absolute Gasteiger partial charge is 0.371 e. The molecule has 8 rings (SSSR count). The number of rotatable bonds is 8. The number of fused-ring (bicyclic) bond motifs is 1. The summed E-state index contributed by atoms with van der Waals surface area (Å²) in [5, 5.41) is 12.0. The summed E-state index contributed by atoms with van der Waals surface area (Å²) in [6, 6.07) is 18.7. The predicted octanol–water partition coefficient (Wildman–Crippen LogP) is 4.88. The van der Waals surface area contributed by atoms with Crippen molar-refractivity contribution in [2.24, 2.45) is 11.3 Å². The van der Waals surface area contributed by atoms with Crippen molar-refractivity contribution in [3.05, 3.63) is 93.0 Å². The number of nitrogens with one attached hydrogen (secondary N) is 1. The molecule has 0 aromatic heterocycles. The highest BCUT2D eigenvalue weighted by atomic mass is 35.5. The summed E-state index contributed by atoms with van der Waals surface area (Å²) >= 11 is 6.33. The van der Waals surface area contributed by atoms with E-state index in [1.54, 1.807) is 18.2 Å². The molecular formula is C43H46ClN7O5. The van der Waals surface area contributed by atoms with E-state index in [9.17, 15) is 29.2 Å². The quantitative estimate of drug-likeness (QED) is 0.251. The number of carbonyl (C=O) groups excluding carboxylic acids is 5. The third-order valence-electron chi connectivity index (χ3n) is 12.8. The van der Waals surface area contributed by atoms with Gasteiger partial charge in [-0.25, -0.2) is 0 Å². The lowest BCUT2D eigenvalue weighted by molar-refractivity contribution is -0.136. The summed E-state index contributed by atoms with van der Waals surface area (Å²) in [6.45, 7) is 7.37. The van der Waals surface area contributed by atoms with E-state index in [-0.39, 0.29) is 41.2 Å². The van der Waals surface area contributed by atoms with E-state index < -0.39 is 17.9 Å². The van der Waals surface area contributed by atoms with Crippen LogP contribution in [0.5, 0.6) is 0 Å². The zero-order valence-corrected chi connectivity index (χ0v) is 32.4. The van der Waals surface area contributed by atoms with Gasteiger partial charge in [0, 0.05) is 94.9 Å². The number of likely N-dealkylation sites (N-methyl/N-ethyl adjacent to an activating group) is 1. The number of piperidine rings is 2. The molecule has 5 aliphatic heterocycles. The van der Waals surface area contributed by atoms with Gasteiger partial charge in [0.05, 0.1) is 16.1 Å². The summed E-state index contributed by atoms with van der Waals surface area (Å²) in [7, 11) is 1.53. The predicted molar refractivity (Wildman–Crippen MR) is 212 cm³/mol. The molecule has 12 nitrogen and oxygen atoms in total. The van der Waals surface area contributed by atoms with E-state index >= 15 is 0 Å². The molecule has 4 fully saturated rings. The van der Waals surface area contributed by atoms with Crippen molar-refractivity contribution < 1.29 is 24.0 Å². The summed E-state index contributed by atoms with van der Waals surface area (Å²) in [5.41, 5.74) is 6.22. The van der Waals surface area contributed by atoms with E-state index in [4.69, 9.17) is 11.6 Å². The van der Waals surface area contributed by atoms with Gasteiger partial charge >= 0.3 is 0 Å². The van der Waals surface area contributed by atoms with Gasteiger partial charge in [0.25, 0.3) is 11.8 Å². The van der Waals surface area contributed by atoms with Crippen LogP contribution >= 0.6 is 11.6 Å². The number of anilines is 2. The van der Waals surface area contributed by atoms with Gasteiger partial charge in [0.1, 0.15) is 12.1 Å². The Morgan fingerprint density at radius 3 is 2.32 bits per heavy atom. The molecule has 0 aliphatic carbocycles. The Morgan fingerprint density at radius 1 is 0.946 bits per heavy atom. The number of likely N-dealkylation sites (tertiary alicyclic amines) is 1. The first kappa shape index (κ1) is 37.7. The molecule has 4 saturated heterocycles. The topological polar surface area (TPSA) is 137 Å². The van der Waals surface area contributed by atoms with Crippen LogP contribution in [0, 0.1) is 22.7 Å². The Labute approximate surface area is 331 Å². The Bertz CT molecular complexity index is 2130. The average Bonchev–Trinajstić information content (AvgIpc) is 3.95. The Hall–Kier alpha value is -5.25. The SMILES string of the molecule is CN(C(=O)c1cc2c(cc1C=O)CN(C[C@@H]1CCN(C(=O)c3ccc(N4CCC5(CC4)CCN(c4ccc(C#N)c(Cl)c4)C5)cc3)C1)C2)C1CCC(=O)NC1=O. The normalized spacial score (nSPS) is 21.9. The zero-order valence-electron chi connectivity index (χ0n) is 31.6. The van der Waals surface area contributed by atoms with Crippen molar-refractivity contribution in [2.45, 2.75) is 57.7 Å². The van der Waals surface area contributed by atoms with Crippen molar-refractivity contribution in [2.75, 3.05) is 62.7 Å². The van der Waals surface area contributed by atoms with E-state index in [0.717, 1.165) is 80.9 Å². The van der Waals surface area contributed by atoms with Crippen LogP contribution in [0.25, 0.3) is 0 Å². The monoisotopic (exact) mass is 775 g/mol. The Morgan fingerprint density at radius 2 is 1.64 bits per heavy atom. The van der Waals surface area contributed by atoms with Gasteiger partial charge in [-0.05, 0) is 109 Å². The minimum Gasteiger partial charge on any atom is -0.371 e. The minimum atomic E-state index is -0.772. The second-order valence-corrected chi connectivity index (χ2v) is 16.7. The fourth-order valence-electron chi connectivity index (χ4n) is 9.46. The number of benzene rings is 3. The third-order valence-corrected chi connectivity index (χ3v) is 13.1. The van der Waals surface area contributed by atoms with Crippen LogP contribution in [0.3, 0.4) is 0 Å². The maximum atomic E-state index is 13.6. The van der Waals surface area contributed by atoms with Crippen LogP contribution in [0.4, 0.5) is 11.4 Å². The number of carbonyl (C=O) groups is 5. The number of aldehydes is 1. The van der Waals surface area contributed by atoms with Gasteiger partial charge in [-0.3, -0.25) is 34.2 Å². The number of nitrogens with zero attached hydrogens (tertiary/aromatic N) is 6. The van der Waals surface area contributed by atoms with E-state index in [0.29, 0.717) is 54.5 Å². The number of halogens is 1. The highest BCUT2D eigenvalue weighted by Gasteiger charge is 2.41. The molecule has 5 heterocycles. The summed E-state index contributed by atoms with van der Waals surface area (Å²) in [4.78, 5) is 73.6. The Kier molecular flexibility index (Phi) is 10.3. The van der Waals surface area contributed by atoms with Crippen molar-refractivity contribution >= 4 is 52.9 Å². The summed E-state index contributed by atoms with van der Waals surface area (Å²) in [6.07, 6.45) is 5.34. The van der Waals surface area contributed by atoms with Gasteiger partial charge in [-0.15, -0.1) is 0 Å². The van der Waals surface area contributed by atoms with Crippen LogP contribution in [0.1, 0.15) is 86.3 Å². The molecule has 3 aromatic rings. The van der Waals surface area contributed by atoms with Crippen LogP contribution in [0.2, 0.25) is 5.02 Å². The molecule has 0 bridgehead atoms. The molecular weight excluding hydrogens is 730 g/mol. The molecule has 13 heteroatoms. The van der Waals surface area contributed by atoms with Crippen molar-refractivity contribution in [1.29, 1.82) is 5.26 Å². The van der Waals surface area contributed by atoms with Gasteiger partial charge in [-0.2, -0.15) is 5.26 Å². The number of hydrogen-bond acceptors (Lipinski definition) is 9. The smallest absolute Gasteiger partial charge is 0.255 e. The highest BCUT2D eigenvalue weighted by molar-refractivity contribution is 6.32.